The first kappa shape index (κ1) is 32.9. The monoisotopic (exact) mass is 669 g/mol. The Morgan fingerprint density at radius 3 is 2.36 bits per heavy atom. The molecule has 0 amide bonds. The molecule has 3 heterocycles. The van der Waals surface area contributed by atoms with Gasteiger partial charge in [0.25, 0.3) is 0 Å². The number of hydrogen-bond acceptors (Lipinski definition) is 8. The molecular weight excluding hydrogens is 635 g/mol. The van der Waals surface area contributed by atoms with Crippen LogP contribution >= 0.6 is 11.6 Å². The summed E-state index contributed by atoms with van der Waals surface area (Å²) in [5, 5.41) is 0.263. The molecule has 1 fully saturated rings. The largest absolute Gasteiger partial charge is 0.489 e. The highest BCUT2D eigenvalue weighted by Gasteiger charge is 2.33. The van der Waals surface area contributed by atoms with E-state index in [1.165, 1.54) is 12.1 Å². The van der Waals surface area contributed by atoms with E-state index in [1.807, 2.05) is 6.07 Å². The third-order valence-corrected chi connectivity index (χ3v) is 8.53. The molecular formula is C35H35ClF3N3O5. The molecule has 2 aliphatic rings. The summed E-state index contributed by atoms with van der Waals surface area (Å²) in [7, 11) is 2.15. The number of pyridine rings is 1. The molecule has 0 N–H and O–H groups in total. The van der Waals surface area contributed by atoms with E-state index in [1.54, 1.807) is 36.5 Å². The second-order valence-electron chi connectivity index (χ2n) is 11.7. The van der Waals surface area contributed by atoms with Crippen LogP contribution in [0.5, 0.6) is 28.7 Å². The van der Waals surface area contributed by atoms with E-state index in [2.05, 4.69) is 21.8 Å². The summed E-state index contributed by atoms with van der Waals surface area (Å²) in [5.41, 5.74) is 0.646. The Morgan fingerprint density at radius 2 is 1.62 bits per heavy atom. The van der Waals surface area contributed by atoms with Gasteiger partial charge in [0.1, 0.15) is 30.5 Å². The number of rotatable bonds is 11. The van der Waals surface area contributed by atoms with Crippen LogP contribution in [0.3, 0.4) is 0 Å². The van der Waals surface area contributed by atoms with E-state index in [0.29, 0.717) is 65.0 Å². The Hall–Kier alpha value is -4.06. The van der Waals surface area contributed by atoms with Crippen molar-refractivity contribution in [2.75, 3.05) is 59.6 Å². The maximum absolute atomic E-state index is 13.2. The van der Waals surface area contributed by atoms with Gasteiger partial charge < -0.3 is 28.7 Å². The van der Waals surface area contributed by atoms with Crippen LogP contribution in [-0.4, -0.2) is 80.2 Å². The summed E-state index contributed by atoms with van der Waals surface area (Å²) < 4.78 is 64.1. The molecule has 1 aromatic heterocycles. The van der Waals surface area contributed by atoms with Gasteiger partial charge in [0.05, 0.1) is 28.1 Å². The zero-order valence-corrected chi connectivity index (χ0v) is 26.7. The number of piperazine rings is 1. The van der Waals surface area contributed by atoms with Crippen molar-refractivity contribution in [1.29, 1.82) is 0 Å². The summed E-state index contributed by atoms with van der Waals surface area (Å²) in [6, 6.07) is 14.1. The summed E-state index contributed by atoms with van der Waals surface area (Å²) in [6.45, 7) is 6.55. The predicted molar refractivity (Wildman–Crippen MR) is 172 cm³/mol. The van der Waals surface area contributed by atoms with Crippen LogP contribution in [0.15, 0.2) is 60.8 Å². The second-order valence-corrected chi connectivity index (χ2v) is 12.1. The van der Waals surface area contributed by atoms with Crippen LogP contribution in [0.4, 0.5) is 13.2 Å². The highest BCUT2D eigenvalue weighted by molar-refractivity contribution is 6.31. The molecule has 0 unspecified atom stereocenters. The van der Waals surface area contributed by atoms with Crippen molar-refractivity contribution < 1.29 is 36.9 Å². The average molecular weight is 670 g/mol. The lowest BCUT2D eigenvalue weighted by atomic mass is 10.0. The summed E-state index contributed by atoms with van der Waals surface area (Å²) >= 11 is 5.70. The molecule has 8 nitrogen and oxygen atoms in total. The normalized spacial score (nSPS) is 15.5. The second kappa shape index (κ2) is 14.4. The van der Waals surface area contributed by atoms with Crippen LogP contribution in [-0.2, 0) is 23.8 Å². The Kier molecular flexibility index (Phi) is 10.0. The zero-order valence-electron chi connectivity index (χ0n) is 25.9. The van der Waals surface area contributed by atoms with Crippen molar-refractivity contribution in [2.45, 2.75) is 25.4 Å². The topological polar surface area (TPSA) is 73.4 Å². The minimum Gasteiger partial charge on any atom is -0.489 e. The maximum Gasteiger partial charge on any atom is 0.417 e. The number of benzene rings is 3. The number of aromatic nitrogens is 1. The van der Waals surface area contributed by atoms with Crippen molar-refractivity contribution in [2.24, 2.45) is 0 Å². The predicted octanol–water partition coefficient (Wildman–Crippen LogP) is 6.84. The van der Waals surface area contributed by atoms with E-state index >= 15 is 0 Å². The van der Waals surface area contributed by atoms with E-state index in [4.69, 9.17) is 30.5 Å². The van der Waals surface area contributed by atoms with Crippen LogP contribution in [0.2, 0.25) is 5.02 Å². The molecule has 0 radical (unpaired) electrons. The minimum atomic E-state index is -4.59. The lowest BCUT2D eigenvalue weighted by molar-refractivity contribution is -0.137. The van der Waals surface area contributed by atoms with Crippen molar-refractivity contribution in [3.8, 4) is 28.7 Å². The van der Waals surface area contributed by atoms with Gasteiger partial charge in [-0.1, -0.05) is 29.8 Å². The van der Waals surface area contributed by atoms with Crippen molar-refractivity contribution in [3.63, 3.8) is 0 Å². The molecule has 0 bridgehead atoms. The highest BCUT2D eigenvalue weighted by Crippen LogP contribution is 2.48. The lowest BCUT2D eigenvalue weighted by Crippen LogP contribution is -2.44. The molecule has 0 spiro atoms. The molecule has 3 aromatic carbocycles. The van der Waals surface area contributed by atoms with Crippen LogP contribution < -0.4 is 18.9 Å². The van der Waals surface area contributed by atoms with Crippen molar-refractivity contribution >= 4 is 28.3 Å². The standard InChI is InChI=1S/C35H35ClF3N3O5/c1-41-12-14-42(15-13-41)11-2-16-44-31-22-29-32(34-33(31)45-17-18-46-34)30(9-10-40-29)47-26-6-3-23(4-7-26)19-25(43)20-24-5-8-28(36)27(21-24)35(37,38)39/h3-10,21-22H,2,11-20H2,1H3. The van der Waals surface area contributed by atoms with Gasteiger partial charge in [-0.15, -0.1) is 0 Å². The summed E-state index contributed by atoms with van der Waals surface area (Å²) in [4.78, 5) is 22.0. The maximum atomic E-state index is 13.2. The molecule has 2 aliphatic heterocycles. The van der Waals surface area contributed by atoms with E-state index in [9.17, 15) is 18.0 Å². The molecule has 248 valence electrons. The molecule has 0 aliphatic carbocycles. The van der Waals surface area contributed by atoms with Gasteiger partial charge in [-0.3, -0.25) is 9.78 Å². The molecule has 0 atom stereocenters. The highest BCUT2D eigenvalue weighted by atomic mass is 35.5. The third kappa shape index (κ3) is 8.09. The van der Waals surface area contributed by atoms with Crippen molar-refractivity contribution in [1.82, 2.24) is 14.8 Å². The fraction of sp³-hybridized carbons (Fsp3) is 0.371. The Bertz CT molecular complexity index is 1730. The number of ketones is 1. The van der Waals surface area contributed by atoms with E-state index in [0.717, 1.165) is 45.2 Å². The first-order valence-corrected chi connectivity index (χ1v) is 15.9. The first-order valence-electron chi connectivity index (χ1n) is 15.5. The fourth-order valence-corrected chi connectivity index (χ4v) is 5.95. The van der Waals surface area contributed by atoms with Gasteiger partial charge in [-0.2, -0.15) is 13.2 Å². The number of hydrogen-bond donors (Lipinski definition) is 0. The number of fused-ring (bicyclic) bond motifs is 3. The van der Waals surface area contributed by atoms with E-state index < -0.39 is 16.8 Å². The fourth-order valence-electron chi connectivity index (χ4n) is 5.73. The van der Waals surface area contributed by atoms with Crippen LogP contribution in [0.1, 0.15) is 23.1 Å². The van der Waals surface area contributed by atoms with Gasteiger partial charge in [0.15, 0.2) is 11.5 Å². The smallest absolute Gasteiger partial charge is 0.417 e. The first-order chi connectivity index (χ1) is 22.6. The number of carbonyl (C=O) groups is 1. The van der Waals surface area contributed by atoms with Crippen molar-refractivity contribution in [3.05, 3.63) is 82.5 Å². The zero-order chi connectivity index (χ0) is 33.0. The van der Waals surface area contributed by atoms with Gasteiger partial charge in [-0.05, 0) is 54.9 Å². The number of Topliss-reactive ketones (excluding diaryl/α,β-unsaturated/α-hetero) is 1. The molecule has 1 saturated heterocycles. The molecule has 4 aromatic rings. The average Bonchev–Trinajstić information content (AvgIpc) is 3.05. The summed E-state index contributed by atoms with van der Waals surface area (Å²) in [5.74, 6) is 2.44. The van der Waals surface area contributed by atoms with Gasteiger partial charge in [-0.25, -0.2) is 0 Å². The lowest BCUT2D eigenvalue weighted by Gasteiger charge is -2.32. The molecule has 6 rings (SSSR count). The minimum absolute atomic E-state index is 0.0548. The van der Waals surface area contributed by atoms with E-state index in [-0.39, 0.29) is 24.2 Å². The Labute approximate surface area is 275 Å². The number of ether oxygens (including phenoxy) is 4. The summed E-state index contributed by atoms with van der Waals surface area (Å²) in [6.07, 6.45) is -2.14. The number of alkyl halides is 3. The van der Waals surface area contributed by atoms with Crippen LogP contribution in [0.25, 0.3) is 10.9 Å². The number of nitrogens with zero attached hydrogens (tertiary/aromatic N) is 3. The Balaban J connectivity index is 1.11. The third-order valence-electron chi connectivity index (χ3n) is 8.21. The number of halogens is 4. The molecule has 12 heteroatoms. The molecule has 0 saturated carbocycles. The number of carbonyl (C=O) groups excluding carboxylic acids is 1. The quantitative estimate of drug-likeness (QED) is 0.161. The number of likely N-dealkylation sites (N-methyl/N-ethyl adjacent to an activating group) is 1. The van der Waals surface area contributed by atoms with Crippen LogP contribution in [0, 0.1) is 0 Å². The van der Waals surface area contributed by atoms with Gasteiger partial charge in [0, 0.05) is 57.8 Å². The SMILES string of the molecule is CN1CCN(CCCOc2cc3nccc(Oc4ccc(CC(=O)Cc5ccc(Cl)c(C(F)(F)F)c5)cc4)c3c3c2OCCO3)CC1. The molecule has 47 heavy (non-hydrogen) atoms. The Morgan fingerprint density at radius 1 is 0.915 bits per heavy atom. The van der Waals surface area contributed by atoms with Gasteiger partial charge in [0.2, 0.25) is 5.75 Å². The van der Waals surface area contributed by atoms with Gasteiger partial charge >= 0.3 is 6.18 Å².